The molecule has 2 N–H and O–H groups in total. The lowest BCUT2D eigenvalue weighted by Gasteiger charge is -2.20. The number of aliphatic hydroxyl groups is 1. The molecule has 3 nitrogen and oxygen atoms in total. The minimum absolute atomic E-state index is 0.384. The molecule has 0 bridgehead atoms. The first-order chi connectivity index (χ1) is 12.5. The second-order valence-electron chi connectivity index (χ2n) is 6.56. The van der Waals surface area contributed by atoms with E-state index >= 15 is 0 Å². The molecule has 0 fully saturated rings. The first kappa shape index (κ1) is 21.2. The fourth-order valence-corrected chi connectivity index (χ4v) is 3.19. The molecule has 0 heterocycles. The first-order valence-electron chi connectivity index (χ1n) is 9.07. The van der Waals surface area contributed by atoms with Crippen LogP contribution in [0.2, 0.25) is 5.02 Å². The molecule has 2 aromatic carbocycles. The van der Waals surface area contributed by atoms with Gasteiger partial charge in [-0.1, -0.05) is 59.4 Å². The van der Waals surface area contributed by atoms with Gasteiger partial charge in [-0.25, -0.2) is 0 Å². The van der Waals surface area contributed by atoms with E-state index < -0.39 is 6.10 Å². The Morgan fingerprint density at radius 1 is 1.19 bits per heavy atom. The van der Waals surface area contributed by atoms with Gasteiger partial charge in [0.2, 0.25) is 0 Å². The molecule has 0 saturated carbocycles. The average molecular weight is 441 g/mol. The van der Waals surface area contributed by atoms with E-state index in [9.17, 15) is 5.11 Å². The predicted octanol–water partition coefficient (Wildman–Crippen LogP) is 5.88. The summed E-state index contributed by atoms with van der Waals surface area (Å²) in [4.78, 5) is 0. The molecule has 2 atom stereocenters. The van der Waals surface area contributed by atoms with E-state index in [1.807, 2.05) is 42.5 Å². The zero-order valence-corrected chi connectivity index (χ0v) is 17.7. The van der Waals surface area contributed by atoms with Crippen LogP contribution >= 0.6 is 27.5 Å². The van der Waals surface area contributed by atoms with Crippen LogP contribution < -0.4 is 10.1 Å². The van der Waals surface area contributed by atoms with Crippen molar-refractivity contribution in [1.82, 2.24) is 5.32 Å². The van der Waals surface area contributed by atoms with Gasteiger partial charge in [-0.2, -0.15) is 0 Å². The van der Waals surface area contributed by atoms with Crippen LogP contribution in [-0.4, -0.2) is 17.7 Å². The highest BCUT2D eigenvalue weighted by Gasteiger charge is 2.15. The number of halogens is 2. The Labute approximate surface area is 169 Å². The average Bonchev–Trinajstić information content (AvgIpc) is 2.64. The normalized spacial score (nSPS) is 13.4. The molecule has 0 spiro atoms. The van der Waals surface area contributed by atoms with Crippen molar-refractivity contribution in [2.45, 2.75) is 51.9 Å². The van der Waals surface area contributed by atoms with Crippen molar-refractivity contribution in [1.29, 1.82) is 0 Å². The van der Waals surface area contributed by atoms with Crippen LogP contribution in [0.3, 0.4) is 0 Å². The summed E-state index contributed by atoms with van der Waals surface area (Å²) in [5.41, 5.74) is 1.81. The van der Waals surface area contributed by atoms with Crippen LogP contribution in [0, 0.1) is 0 Å². The number of hydrogen-bond acceptors (Lipinski definition) is 3. The van der Waals surface area contributed by atoms with Gasteiger partial charge in [-0.05, 0) is 49.2 Å². The number of hydrogen-bond donors (Lipinski definition) is 2. The van der Waals surface area contributed by atoms with Gasteiger partial charge in [0.25, 0.3) is 0 Å². The van der Waals surface area contributed by atoms with Gasteiger partial charge in [0.1, 0.15) is 12.4 Å². The fraction of sp³-hybridized carbons (Fsp3) is 0.429. The Bertz CT molecular complexity index is 678. The van der Waals surface area contributed by atoms with Gasteiger partial charge in [0.15, 0.2) is 0 Å². The minimum atomic E-state index is -0.628. The van der Waals surface area contributed by atoms with Crippen molar-refractivity contribution in [3.63, 3.8) is 0 Å². The number of benzene rings is 2. The van der Waals surface area contributed by atoms with Gasteiger partial charge in [0.05, 0.1) is 6.10 Å². The largest absolute Gasteiger partial charge is 0.489 e. The molecular formula is C21H27BrClNO2. The molecule has 2 unspecified atom stereocenters. The van der Waals surface area contributed by atoms with Crippen LogP contribution in [0.1, 0.15) is 50.3 Å². The maximum absolute atomic E-state index is 10.7. The highest BCUT2D eigenvalue weighted by atomic mass is 79.9. The Morgan fingerprint density at radius 2 is 1.92 bits per heavy atom. The van der Waals surface area contributed by atoms with Crippen molar-refractivity contribution in [2.75, 3.05) is 6.54 Å². The monoisotopic (exact) mass is 439 g/mol. The molecule has 0 saturated heterocycles. The van der Waals surface area contributed by atoms with Crippen LogP contribution in [0.25, 0.3) is 0 Å². The summed E-state index contributed by atoms with van der Waals surface area (Å²) in [5, 5.41) is 14.8. The summed E-state index contributed by atoms with van der Waals surface area (Å²) in [7, 11) is 0. The number of unbranched alkanes of at least 4 members (excludes halogenated alkanes) is 1. The van der Waals surface area contributed by atoms with Crippen molar-refractivity contribution in [3.05, 3.63) is 63.1 Å². The molecule has 0 aromatic heterocycles. The third-order valence-corrected chi connectivity index (χ3v) is 5.03. The molecule has 142 valence electrons. The number of rotatable bonds is 10. The molecule has 0 aliphatic rings. The van der Waals surface area contributed by atoms with Crippen molar-refractivity contribution in [2.24, 2.45) is 0 Å². The molecule has 0 radical (unpaired) electrons. The smallest absolute Gasteiger partial charge is 0.125 e. The second-order valence-corrected chi connectivity index (χ2v) is 7.92. The van der Waals surface area contributed by atoms with Crippen molar-refractivity contribution < 1.29 is 9.84 Å². The minimum Gasteiger partial charge on any atom is -0.489 e. The summed E-state index contributed by atoms with van der Waals surface area (Å²) in [6, 6.07) is 13.7. The van der Waals surface area contributed by atoms with E-state index in [1.54, 1.807) is 0 Å². The maximum Gasteiger partial charge on any atom is 0.125 e. The summed E-state index contributed by atoms with van der Waals surface area (Å²) in [6.45, 7) is 5.27. The molecule has 0 amide bonds. The highest BCUT2D eigenvalue weighted by Crippen LogP contribution is 2.29. The van der Waals surface area contributed by atoms with E-state index in [-0.39, 0.29) is 0 Å². The maximum atomic E-state index is 10.7. The highest BCUT2D eigenvalue weighted by molar-refractivity contribution is 9.10. The number of ether oxygens (including phenoxy) is 1. The van der Waals surface area contributed by atoms with Gasteiger partial charge in [-0.3, -0.25) is 0 Å². The third-order valence-electron chi connectivity index (χ3n) is 4.29. The van der Waals surface area contributed by atoms with E-state index in [0.717, 1.165) is 22.0 Å². The summed E-state index contributed by atoms with van der Waals surface area (Å²) < 4.78 is 6.88. The Balaban J connectivity index is 2.00. The van der Waals surface area contributed by atoms with Crippen LogP contribution in [0.15, 0.2) is 46.9 Å². The fourth-order valence-electron chi connectivity index (χ4n) is 2.69. The lowest BCUT2D eigenvalue weighted by molar-refractivity contribution is 0.163. The summed E-state index contributed by atoms with van der Waals surface area (Å²) in [5.74, 6) is 0.693. The van der Waals surface area contributed by atoms with E-state index in [1.165, 1.54) is 12.8 Å². The topological polar surface area (TPSA) is 41.5 Å². The molecule has 2 aromatic rings. The molecule has 26 heavy (non-hydrogen) atoms. The second kappa shape index (κ2) is 10.9. The number of aliphatic hydroxyl groups excluding tert-OH is 1. The van der Waals surface area contributed by atoms with Gasteiger partial charge < -0.3 is 15.2 Å². The summed E-state index contributed by atoms with van der Waals surface area (Å²) >= 11 is 9.40. The number of nitrogens with one attached hydrogen (secondary N) is 1. The van der Waals surface area contributed by atoms with Crippen LogP contribution in [0.5, 0.6) is 5.75 Å². The van der Waals surface area contributed by atoms with Crippen LogP contribution in [0.4, 0.5) is 0 Å². The quantitative estimate of drug-likeness (QED) is 0.484. The van der Waals surface area contributed by atoms with Gasteiger partial charge >= 0.3 is 0 Å². The SMILES string of the molecule is CCCCC(C)NCC(O)c1cc(Br)ccc1OCc1ccc(Cl)cc1. The Morgan fingerprint density at radius 3 is 2.62 bits per heavy atom. The Hall–Kier alpha value is -1.07. The van der Waals surface area contributed by atoms with E-state index in [2.05, 4.69) is 35.1 Å². The zero-order chi connectivity index (χ0) is 18.9. The molecule has 0 aliphatic carbocycles. The zero-order valence-electron chi connectivity index (χ0n) is 15.3. The lowest BCUT2D eigenvalue weighted by atomic mass is 10.1. The standard InChI is InChI=1S/C21H27BrClNO2/c1-3-4-5-15(2)24-13-20(25)19-12-17(22)8-11-21(19)26-14-16-6-9-18(23)10-7-16/h6-12,15,20,24-25H,3-5,13-14H2,1-2H3. The Kier molecular flexibility index (Phi) is 8.93. The molecular weight excluding hydrogens is 414 g/mol. The molecule has 0 aliphatic heterocycles. The first-order valence-corrected chi connectivity index (χ1v) is 10.2. The van der Waals surface area contributed by atoms with Crippen molar-refractivity contribution >= 4 is 27.5 Å². The van der Waals surface area contributed by atoms with Gasteiger partial charge in [-0.15, -0.1) is 0 Å². The summed E-state index contributed by atoms with van der Waals surface area (Å²) in [6.07, 6.45) is 2.86. The van der Waals surface area contributed by atoms with E-state index in [0.29, 0.717) is 30.0 Å². The van der Waals surface area contributed by atoms with Gasteiger partial charge in [0, 0.05) is 27.6 Å². The lowest BCUT2D eigenvalue weighted by Crippen LogP contribution is -2.30. The third kappa shape index (κ3) is 6.92. The van der Waals surface area contributed by atoms with Crippen LogP contribution in [-0.2, 0) is 6.61 Å². The molecule has 2 rings (SSSR count). The van der Waals surface area contributed by atoms with Crippen molar-refractivity contribution in [3.8, 4) is 5.75 Å². The molecule has 5 heteroatoms. The predicted molar refractivity (Wildman–Crippen MR) is 112 cm³/mol. The van der Waals surface area contributed by atoms with E-state index in [4.69, 9.17) is 16.3 Å².